The van der Waals surface area contributed by atoms with Crippen LogP contribution in [0.15, 0.2) is 78.0 Å². The van der Waals surface area contributed by atoms with Gasteiger partial charge in [-0.3, -0.25) is 5.43 Å². The molecule has 0 saturated heterocycles. The van der Waals surface area contributed by atoms with E-state index in [0.717, 1.165) is 39.6 Å². The molecule has 166 valence electrons. The smallest absolute Gasteiger partial charge is 0.204 e. The number of benzene rings is 3. The highest BCUT2D eigenvalue weighted by Gasteiger charge is 2.08. The van der Waals surface area contributed by atoms with E-state index in [-0.39, 0.29) is 0 Å². The van der Waals surface area contributed by atoms with E-state index in [1.165, 1.54) is 22.0 Å². The maximum Gasteiger partial charge on any atom is 0.204 e. The minimum absolute atomic E-state index is 0.680. The van der Waals surface area contributed by atoms with Crippen molar-refractivity contribution in [1.29, 1.82) is 0 Å². The number of rotatable bonds is 8. The van der Waals surface area contributed by atoms with Crippen LogP contribution in [0.1, 0.15) is 23.1 Å². The molecule has 5 aromatic rings. The number of aryl methyl sites for hydroxylation is 2. The first-order valence-electron chi connectivity index (χ1n) is 11.1. The molecule has 5 nitrogen and oxygen atoms in total. The highest BCUT2D eigenvalue weighted by atomic mass is 32.1. The Kier molecular flexibility index (Phi) is 6.09. The van der Waals surface area contributed by atoms with Crippen molar-refractivity contribution in [2.75, 3.05) is 12.0 Å². The molecule has 0 aliphatic rings. The first-order valence-corrected chi connectivity index (χ1v) is 11.9. The van der Waals surface area contributed by atoms with Crippen molar-refractivity contribution >= 4 is 43.8 Å². The van der Waals surface area contributed by atoms with Gasteiger partial charge in [0.05, 0.1) is 23.0 Å². The van der Waals surface area contributed by atoms with E-state index in [9.17, 15) is 0 Å². The number of nitrogens with one attached hydrogen (secondary N) is 1. The standard InChI is InChI=1S/C27H26N4OS/c1-19-9-7-13-25(20(19)2)32-16-8-15-31-18-21(22-10-3-5-12-24(22)31)17-28-30-27-29-23-11-4-6-14-26(23)33-27/h3-7,9-14,17-18H,8,15-16H2,1-2H3,(H,29,30)/b28-17+. The Balaban J connectivity index is 1.26. The van der Waals surface area contributed by atoms with Crippen LogP contribution in [0.5, 0.6) is 5.75 Å². The van der Waals surface area contributed by atoms with Crippen LogP contribution in [0.25, 0.3) is 21.1 Å². The molecule has 0 saturated carbocycles. The number of para-hydroxylation sites is 2. The largest absolute Gasteiger partial charge is 0.493 e. The second-order valence-corrected chi connectivity index (χ2v) is 9.08. The fourth-order valence-corrected chi connectivity index (χ4v) is 4.75. The highest BCUT2D eigenvalue weighted by Crippen LogP contribution is 2.26. The molecule has 0 aliphatic carbocycles. The Morgan fingerprint density at radius 3 is 2.79 bits per heavy atom. The summed E-state index contributed by atoms with van der Waals surface area (Å²) in [5, 5.41) is 6.43. The third-order valence-corrected chi connectivity index (χ3v) is 6.77. The molecule has 33 heavy (non-hydrogen) atoms. The van der Waals surface area contributed by atoms with E-state index in [1.807, 2.05) is 36.5 Å². The van der Waals surface area contributed by atoms with Crippen LogP contribution in [0.4, 0.5) is 5.13 Å². The second-order valence-electron chi connectivity index (χ2n) is 8.05. The van der Waals surface area contributed by atoms with Crippen molar-refractivity contribution in [3.8, 4) is 5.75 Å². The lowest BCUT2D eigenvalue weighted by Crippen LogP contribution is -2.04. The van der Waals surface area contributed by atoms with E-state index in [1.54, 1.807) is 11.3 Å². The number of nitrogens with zero attached hydrogens (tertiary/aromatic N) is 3. The Bertz CT molecular complexity index is 1400. The van der Waals surface area contributed by atoms with Crippen LogP contribution in [-0.4, -0.2) is 22.4 Å². The minimum atomic E-state index is 0.680. The summed E-state index contributed by atoms with van der Waals surface area (Å²) in [6, 6.07) is 22.7. The monoisotopic (exact) mass is 454 g/mol. The fraction of sp³-hybridized carbons (Fsp3) is 0.185. The summed E-state index contributed by atoms with van der Waals surface area (Å²) < 4.78 is 9.47. The predicted octanol–water partition coefficient (Wildman–Crippen LogP) is 6.78. The quantitative estimate of drug-likeness (QED) is 0.160. The van der Waals surface area contributed by atoms with Crippen LogP contribution in [0.2, 0.25) is 0 Å². The van der Waals surface area contributed by atoms with Gasteiger partial charge in [-0.1, -0.05) is 53.8 Å². The Morgan fingerprint density at radius 2 is 1.88 bits per heavy atom. The Labute approximate surface area is 197 Å². The molecule has 0 spiro atoms. The molecule has 2 aromatic heterocycles. The first kappa shape index (κ1) is 21.2. The van der Waals surface area contributed by atoms with Crippen LogP contribution < -0.4 is 10.2 Å². The SMILES string of the molecule is Cc1cccc(OCCCn2cc(/C=N/Nc3nc4ccccc4s3)c3ccccc32)c1C. The number of fused-ring (bicyclic) bond motifs is 2. The van der Waals surface area contributed by atoms with Gasteiger partial charge in [0, 0.05) is 29.2 Å². The zero-order chi connectivity index (χ0) is 22.6. The van der Waals surface area contributed by atoms with Gasteiger partial charge in [0.2, 0.25) is 5.13 Å². The van der Waals surface area contributed by atoms with Gasteiger partial charge >= 0.3 is 0 Å². The lowest BCUT2D eigenvalue weighted by molar-refractivity contribution is 0.300. The topological polar surface area (TPSA) is 51.4 Å². The zero-order valence-electron chi connectivity index (χ0n) is 18.8. The maximum absolute atomic E-state index is 6.04. The van der Waals surface area contributed by atoms with Gasteiger partial charge in [-0.05, 0) is 55.7 Å². The number of hydrogen-bond donors (Lipinski definition) is 1. The number of hydrazone groups is 1. The molecule has 0 aliphatic heterocycles. The van der Waals surface area contributed by atoms with Gasteiger partial charge in [0.15, 0.2) is 0 Å². The molecule has 0 amide bonds. The predicted molar refractivity (Wildman–Crippen MR) is 139 cm³/mol. The molecule has 1 N–H and O–H groups in total. The second kappa shape index (κ2) is 9.46. The van der Waals surface area contributed by atoms with Crippen molar-refractivity contribution in [2.45, 2.75) is 26.8 Å². The van der Waals surface area contributed by atoms with Crippen LogP contribution in [-0.2, 0) is 6.54 Å². The van der Waals surface area contributed by atoms with E-state index in [4.69, 9.17) is 4.74 Å². The molecule has 2 heterocycles. The van der Waals surface area contributed by atoms with Crippen molar-refractivity contribution < 1.29 is 4.74 Å². The van der Waals surface area contributed by atoms with Crippen LogP contribution in [0.3, 0.4) is 0 Å². The first-order chi connectivity index (χ1) is 16.2. The highest BCUT2D eigenvalue weighted by molar-refractivity contribution is 7.22. The molecule has 0 bridgehead atoms. The van der Waals surface area contributed by atoms with E-state index in [2.05, 4.69) is 76.5 Å². The number of ether oxygens (including phenoxy) is 1. The van der Waals surface area contributed by atoms with E-state index < -0.39 is 0 Å². The average molecular weight is 455 g/mol. The summed E-state index contributed by atoms with van der Waals surface area (Å²) in [6.45, 7) is 5.78. The van der Waals surface area contributed by atoms with Gasteiger partial charge < -0.3 is 9.30 Å². The van der Waals surface area contributed by atoms with E-state index >= 15 is 0 Å². The summed E-state index contributed by atoms with van der Waals surface area (Å²) in [5.41, 5.74) is 8.82. The average Bonchev–Trinajstić information content (AvgIpc) is 3.41. The minimum Gasteiger partial charge on any atom is -0.493 e. The molecule has 6 heteroatoms. The molecule has 0 unspecified atom stereocenters. The summed E-state index contributed by atoms with van der Waals surface area (Å²) in [4.78, 5) is 4.57. The summed E-state index contributed by atoms with van der Waals surface area (Å²) >= 11 is 1.60. The number of aromatic nitrogens is 2. The molecule has 3 aromatic carbocycles. The van der Waals surface area contributed by atoms with Crippen molar-refractivity contribution in [1.82, 2.24) is 9.55 Å². The van der Waals surface area contributed by atoms with Crippen LogP contribution in [0, 0.1) is 13.8 Å². The Morgan fingerprint density at radius 1 is 1.03 bits per heavy atom. The molecular weight excluding hydrogens is 428 g/mol. The molecular formula is C27H26N4OS. The normalized spacial score (nSPS) is 11.6. The van der Waals surface area contributed by atoms with Crippen molar-refractivity contribution in [3.05, 3.63) is 89.6 Å². The molecule has 0 atom stereocenters. The summed E-state index contributed by atoms with van der Waals surface area (Å²) in [6.07, 6.45) is 4.95. The van der Waals surface area contributed by atoms with Gasteiger partial charge in [0.1, 0.15) is 5.75 Å². The number of anilines is 1. The van der Waals surface area contributed by atoms with Crippen molar-refractivity contribution in [3.63, 3.8) is 0 Å². The number of thiazole rings is 1. The Hall–Kier alpha value is -3.64. The fourth-order valence-electron chi connectivity index (χ4n) is 3.94. The van der Waals surface area contributed by atoms with Crippen LogP contribution >= 0.6 is 11.3 Å². The van der Waals surface area contributed by atoms with Gasteiger partial charge in [-0.25, -0.2) is 4.98 Å². The molecule has 0 radical (unpaired) electrons. The summed E-state index contributed by atoms with van der Waals surface area (Å²) in [5.74, 6) is 0.973. The zero-order valence-corrected chi connectivity index (χ0v) is 19.6. The third-order valence-electron chi connectivity index (χ3n) is 5.83. The molecule has 5 rings (SSSR count). The van der Waals surface area contributed by atoms with Gasteiger partial charge in [0.25, 0.3) is 0 Å². The summed E-state index contributed by atoms with van der Waals surface area (Å²) in [7, 11) is 0. The number of hydrogen-bond acceptors (Lipinski definition) is 5. The molecule has 0 fully saturated rings. The van der Waals surface area contributed by atoms with Gasteiger partial charge in [-0.2, -0.15) is 5.10 Å². The van der Waals surface area contributed by atoms with E-state index in [0.29, 0.717) is 6.61 Å². The third kappa shape index (κ3) is 4.61. The van der Waals surface area contributed by atoms with Gasteiger partial charge in [-0.15, -0.1) is 0 Å². The van der Waals surface area contributed by atoms with Crippen molar-refractivity contribution in [2.24, 2.45) is 5.10 Å². The lowest BCUT2D eigenvalue weighted by atomic mass is 10.1. The lowest BCUT2D eigenvalue weighted by Gasteiger charge is -2.11. The maximum atomic E-state index is 6.04.